The molecule has 5 heteroatoms. The van der Waals surface area contributed by atoms with Gasteiger partial charge in [0, 0.05) is 39.4 Å². The summed E-state index contributed by atoms with van der Waals surface area (Å²) >= 11 is 0. The molecule has 0 spiro atoms. The summed E-state index contributed by atoms with van der Waals surface area (Å²) in [4.78, 5) is 2.13. The van der Waals surface area contributed by atoms with E-state index in [9.17, 15) is 9.50 Å². The highest BCUT2D eigenvalue weighted by atomic mass is 19.1. The first-order chi connectivity index (χ1) is 9.06. The van der Waals surface area contributed by atoms with Gasteiger partial charge in [-0.3, -0.25) is 4.90 Å². The second kappa shape index (κ2) is 8.09. The third-order valence-corrected chi connectivity index (χ3v) is 2.94. The van der Waals surface area contributed by atoms with E-state index in [4.69, 9.17) is 9.47 Å². The molecule has 0 bridgehead atoms. The normalized spacial score (nSPS) is 12.9. The van der Waals surface area contributed by atoms with Crippen molar-refractivity contribution in [2.75, 3.05) is 34.0 Å². The summed E-state index contributed by atoms with van der Waals surface area (Å²) < 4.78 is 23.5. The largest absolute Gasteiger partial charge is 0.508 e. The Morgan fingerprint density at radius 3 is 2.58 bits per heavy atom. The number of rotatable bonds is 8. The lowest BCUT2D eigenvalue weighted by Gasteiger charge is -2.28. The van der Waals surface area contributed by atoms with E-state index in [1.807, 2.05) is 6.92 Å². The Bertz CT molecular complexity index is 367. The zero-order valence-electron chi connectivity index (χ0n) is 11.7. The van der Waals surface area contributed by atoms with Gasteiger partial charge in [-0.2, -0.15) is 0 Å². The predicted octanol–water partition coefficient (Wildman–Crippen LogP) is 2.01. The number of aromatic hydroxyl groups is 1. The van der Waals surface area contributed by atoms with Crippen LogP contribution in [0.15, 0.2) is 18.2 Å². The highest BCUT2D eigenvalue weighted by Gasteiger charge is 2.14. The summed E-state index contributed by atoms with van der Waals surface area (Å²) in [6, 6.07) is 4.29. The highest BCUT2D eigenvalue weighted by molar-refractivity contribution is 5.28. The molecular weight excluding hydrogens is 249 g/mol. The van der Waals surface area contributed by atoms with E-state index in [2.05, 4.69) is 4.90 Å². The number of benzene rings is 1. The Kier molecular flexibility index (Phi) is 6.77. The van der Waals surface area contributed by atoms with Gasteiger partial charge < -0.3 is 14.6 Å². The van der Waals surface area contributed by atoms with E-state index >= 15 is 0 Å². The number of halogens is 1. The molecular formula is C14H22FNO3. The monoisotopic (exact) mass is 271 g/mol. The van der Waals surface area contributed by atoms with Crippen molar-refractivity contribution in [3.8, 4) is 5.75 Å². The average Bonchev–Trinajstić information content (AvgIpc) is 2.33. The van der Waals surface area contributed by atoms with Crippen molar-refractivity contribution in [1.29, 1.82) is 0 Å². The molecule has 108 valence electrons. The Morgan fingerprint density at radius 1 is 1.26 bits per heavy atom. The number of phenols is 1. The van der Waals surface area contributed by atoms with Crippen molar-refractivity contribution in [3.63, 3.8) is 0 Å². The molecule has 0 amide bonds. The minimum atomic E-state index is -0.430. The van der Waals surface area contributed by atoms with Crippen molar-refractivity contribution in [2.24, 2.45) is 0 Å². The lowest BCUT2D eigenvalue weighted by atomic mass is 10.1. The molecule has 1 rings (SSSR count). The van der Waals surface area contributed by atoms with E-state index in [1.54, 1.807) is 20.3 Å². The molecule has 1 N–H and O–H groups in total. The van der Waals surface area contributed by atoms with Crippen molar-refractivity contribution < 1.29 is 19.0 Å². The predicted molar refractivity (Wildman–Crippen MR) is 71.7 cm³/mol. The van der Waals surface area contributed by atoms with Gasteiger partial charge in [-0.05, 0) is 24.6 Å². The second-order valence-corrected chi connectivity index (χ2v) is 4.59. The Hall–Kier alpha value is -1.17. The van der Waals surface area contributed by atoms with Gasteiger partial charge in [-0.25, -0.2) is 4.39 Å². The number of phenolic OH excluding ortho intramolecular Hbond substituents is 1. The molecule has 0 saturated carbocycles. The van der Waals surface area contributed by atoms with Crippen LogP contribution in [0.2, 0.25) is 0 Å². The zero-order chi connectivity index (χ0) is 14.3. The summed E-state index contributed by atoms with van der Waals surface area (Å²) in [7, 11) is 3.30. The first kappa shape index (κ1) is 15.9. The van der Waals surface area contributed by atoms with Crippen LogP contribution >= 0.6 is 0 Å². The molecule has 0 aliphatic carbocycles. The summed E-state index contributed by atoms with van der Waals surface area (Å²) in [5, 5.41) is 9.42. The molecule has 0 radical (unpaired) electrons. The van der Waals surface area contributed by atoms with Crippen LogP contribution < -0.4 is 0 Å². The molecule has 0 saturated heterocycles. The number of ether oxygens (including phenoxy) is 2. The minimum absolute atomic E-state index is 0.0545. The number of nitrogens with zero attached hydrogens (tertiary/aromatic N) is 1. The second-order valence-electron chi connectivity index (χ2n) is 4.59. The molecule has 1 aromatic carbocycles. The average molecular weight is 271 g/mol. The Balaban J connectivity index is 2.74. The summed E-state index contributed by atoms with van der Waals surface area (Å²) in [6.45, 7) is 4.48. The van der Waals surface area contributed by atoms with E-state index in [-0.39, 0.29) is 11.8 Å². The molecule has 0 aliphatic rings. The third kappa shape index (κ3) is 5.55. The van der Waals surface area contributed by atoms with Crippen LogP contribution in [0.1, 0.15) is 12.5 Å². The van der Waals surface area contributed by atoms with Gasteiger partial charge in [0.1, 0.15) is 11.6 Å². The van der Waals surface area contributed by atoms with Gasteiger partial charge >= 0.3 is 0 Å². The molecule has 1 aromatic rings. The van der Waals surface area contributed by atoms with Crippen molar-refractivity contribution >= 4 is 0 Å². The smallest absolute Gasteiger partial charge is 0.127 e. The fourth-order valence-electron chi connectivity index (χ4n) is 1.97. The van der Waals surface area contributed by atoms with Gasteiger partial charge in [0.2, 0.25) is 0 Å². The minimum Gasteiger partial charge on any atom is -0.508 e. The molecule has 0 heterocycles. The van der Waals surface area contributed by atoms with Crippen LogP contribution in [0.4, 0.5) is 4.39 Å². The third-order valence-electron chi connectivity index (χ3n) is 2.94. The highest BCUT2D eigenvalue weighted by Crippen LogP contribution is 2.17. The van der Waals surface area contributed by atoms with Gasteiger partial charge in [-0.15, -0.1) is 0 Å². The maximum Gasteiger partial charge on any atom is 0.127 e. The van der Waals surface area contributed by atoms with Crippen molar-refractivity contribution in [1.82, 2.24) is 4.90 Å². The van der Waals surface area contributed by atoms with Gasteiger partial charge in [0.25, 0.3) is 0 Å². The number of hydrogen-bond acceptors (Lipinski definition) is 4. The van der Waals surface area contributed by atoms with Crippen LogP contribution in [-0.2, 0) is 16.0 Å². The van der Waals surface area contributed by atoms with Crippen LogP contribution in [0.25, 0.3) is 0 Å². The molecule has 1 atom stereocenters. The SMILES string of the molecule is COCCN(Cc1cc(O)cc(F)c1)C(C)COC. The van der Waals surface area contributed by atoms with Crippen molar-refractivity contribution in [3.05, 3.63) is 29.6 Å². The first-order valence-corrected chi connectivity index (χ1v) is 6.27. The van der Waals surface area contributed by atoms with Crippen molar-refractivity contribution in [2.45, 2.75) is 19.5 Å². The molecule has 0 fully saturated rings. The van der Waals surface area contributed by atoms with Gasteiger partial charge in [0.15, 0.2) is 0 Å². The van der Waals surface area contributed by atoms with E-state index < -0.39 is 5.82 Å². The quantitative estimate of drug-likeness (QED) is 0.785. The standard InChI is InChI=1S/C14H22FNO3/c1-11(10-19-3)16(4-5-18-2)9-12-6-13(15)8-14(17)7-12/h6-8,11,17H,4-5,9-10H2,1-3H3. The van der Waals surface area contributed by atoms with E-state index in [0.29, 0.717) is 19.8 Å². The van der Waals surface area contributed by atoms with E-state index in [0.717, 1.165) is 18.2 Å². The van der Waals surface area contributed by atoms with Crippen LogP contribution in [0, 0.1) is 5.82 Å². The number of hydrogen-bond donors (Lipinski definition) is 1. The zero-order valence-corrected chi connectivity index (χ0v) is 11.7. The molecule has 4 nitrogen and oxygen atoms in total. The fourth-order valence-corrected chi connectivity index (χ4v) is 1.97. The topological polar surface area (TPSA) is 41.9 Å². The fraction of sp³-hybridized carbons (Fsp3) is 0.571. The summed E-state index contributed by atoms with van der Waals surface area (Å²) in [6.07, 6.45) is 0. The first-order valence-electron chi connectivity index (χ1n) is 6.27. The Labute approximate surface area is 113 Å². The van der Waals surface area contributed by atoms with Gasteiger partial charge in [-0.1, -0.05) is 0 Å². The maximum atomic E-state index is 13.3. The maximum absolute atomic E-state index is 13.3. The van der Waals surface area contributed by atoms with Crippen LogP contribution in [-0.4, -0.2) is 50.0 Å². The molecule has 19 heavy (non-hydrogen) atoms. The summed E-state index contributed by atoms with van der Waals surface area (Å²) in [5.74, 6) is -0.484. The lowest BCUT2D eigenvalue weighted by Crippen LogP contribution is -2.38. The lowest BCUT2D eigenvalue weighted by molar-refractivity contribution is 0.0704. The van der Waals surface area contributed by atoms with E-state index in [1.165, 1.54) is 6.07 Å². The molecule has 0 aromatic heterocycles. The summed E-state index contributed by atoms with van der Waals surface area (Å²) in [5.41, 5.74) is 0.733. The van der Waals surface area contributed by atoms with Crippen LogP contribution in [0.5, 0.6) is 5.75 Å². The molecule has 1 unspecified atom stereocenters. The molecule has 0 aliphatic heterocycles. The Morgan fingerprint density at radius 2 is 2.00 bits per heavy atom. The van der Waals surface area contributed by atoms with Gasteiger partial charge in [0.05, 0.1) is 13.2 Å². The van der Waals surface area contributed by atoms with Crippen LogP contribution in [0.3, 0.4) is 0 Å². The number of methoxy groups -OCH3 is 2.